The van der Waals surface area contributed by atoms with E-state index < -0.39 is 117 Å². The van der Waals surface area contributed by atoms with Gasteiger partial charge < -0.3 is 50.7 Å². The number of aromatic carboxylic acids is 1. The van der Waals surface area contributed by atoms with Crippen molar-refractivity contribution in [3.8, 4) is 23.0 Å². The predicted molar refractivity (Wildman–Crippen MR) is 111 cm³/mol. The largest absolute Gasteiger partial charge is 0.507 e. The molecule has 1 aliphatic heterocycles. The first-order valence-corrected chi connectivity index (χ1v) is 10.2. The molecule has 5 atom stereocenters. The van der Waals surface area contributed by atoms with Gasteiger partial charge in [0.15, 0.2) is 17.3 Å². The maximum atomic E-state index is 13.4. The van der Waals surface area contributed by atoms with Crippen molar-refractivity contribution < 1.29 is 65.1 Å². The van der Waals surface area contributed by atoms with Crippen molar-refractivity contribution in [1.82, 2.24) is 0 Å². The van der Waals surface area contributed by atoms with Gasteiger partial charge in [0.1, 0.15) is 47.6 Å². The fraction of sp³-hybridized carbons (Fsp3) is 0.318. The third-order valence-electron chi connectivity index (χ3n) is 6.33. The minimum Gasteiger partial charge on any atom is -0.507 e. The van der Waals surface area contributed by atoms with E-state index in [1.165, 1.54) is 0 Å². The highest BCUT2D eigenvalue weighted by Crippen LogP contribution is 2.49. The summed E-state index contributed by atoms with van der Waals surface area (Å²) in [7, 11) is 0. The van der Waals surface area contributed by atoms with Crippen LogP contribution in [0.15, 0.2) is 6.07 Å². The maximum Gasteiger partial charge on any atom is 0.339 e. The Hall–Kier alpha value is -3.75. The third-order valence-corrected chi connectivity index (χ3v) is 6.33. The summed E-state index contributed by atoms with van der Waals surface area (Å²) in [5, 5.41) is 91.2. The maximum absolute atomic E-state index is 13.4. The molecule has 1 fully saturated rings. The van der Waals surface area contributed by atoms with Crippen LogP contribution in [-0.4, -0.2) is 94.5 Å². The zero-order valence-corrected chi connectivity index (χ0v) is 17.8. The molecule has 5 unspecified atom stereocenters. The van der Waals surface area contributed by atoms with Gasteiger partial charge in [-0.25, -0.2) is 4.79 Å². The first-order valence-electron chi connectivity index (χ1n) is 10.2. The van der Waals surface area contributed by atoms with E-state index in [1.807, 2.05) is 0 Å². The molecule has 2 aliphatic rings. The summed E-state index contributed by atoms with van der Waals surface area (Å²) in [5.74, 6) is -8.38. The Morgan fingerprint density at radius 1 is 0.857 bits per heavy atom. The second-order valence-electron chi connectivity index (χ2n) is 8.24. The third kappa shape index (κ3) is 3.25. The smallest absolute Gasteiger partial charge is 0.339 e. The Morgan fingerprint density at radius 3 is 2.00 bits per heavy atom. The van der Waals surface area contributed by atoms with Crippen LogP contribution < -0.4 is 0 Å². The normalized spacial score (nSPS) is 25.8. The molecule has 0 amide bonds. The first kappa shape index (κ1) is 24.4. The molecule has 0 bridgehead atoms. The van der Waals surface area contributed by atoms with E-state index >= 15 is 0 Å². The van der Waals surface area contributed by atoms with Gasteiger partial charge in [-0.15, -0.1) is 0 Å². The van der Waals surface area contributed by atoms with Crippen LogP contribution in [0.3, 0.4) is 0 Å². The molecule has 186 valence electrons. The number of aliphatic hydroxyl groups is 4. The van der Waals surface area contributed by atoms with E-state index in [0.717, 1.165) is 13.0 Å². The molecule has 35 heavy (non-hydrogen) atoms. The summed E-state index contributed by atoms with van der Waals surface area (Å²) in [4.78, 5) is 38.1. The fourth-order valence-corrected chi connectivity index (χ4v) is 4.57. The van der Waals surface area contributed by atoms with Crippen molar-refractivity contribution in [1.29, 1.82) is 0 Å². The number of phenolic OH excluding ortho intramolecular Hbond substituents is 3. The summed E-state index contributed by atoms with van der Waals surface area (Å²) >= 11 is 0. The predicted octanol–water partition coefficient (Wildman–Crippen LogP) is -1.19. The van der Waals surface area contributed by atoms with Crippen molar-refractivity contribution in [2.45, 2.75) is 37.4 Å². The number of hydrogen-bond donors (Lipinski definition) is 9. The Kier molecular flexibility index (Phi) is 5.70. The lowest BCUT2D eigenvalue weighted by Crippen LogP contribution is -2.55. The second-order valence-corrected chi connectivity index (χ2v) is 8.24. The molecular weight excluding hydrogens is 472 g/mol. The number of carbonyl (C=O) groups is 3. The number of aromatic hydroxyl groups is 4. The highest BCUT2D eigenvalue weighted by molar-refractivity contribution is 6.32. The number of aliphatic hydroxyl groups excluding tert-OH is 4. The molecule has 13 nitrogen and oxygen atoms in total. The first-order chi connectivity index (χ1) is 16.3. The number of fused-ring (bicyclic) bond motifs is 2. The molecule has 0 saturated carbocycles. The highest BCUT2D eigenvalue weighted by Gasteiger charge is 2.47. The Balaban J connectivity index is 1.97. The van der Waals surface area contributed by atoms with Crippen molar-refractivity contribution in [3.63, 3.8) is 0 Å². The van der Waals surface area contributed by atoms with Crippen molar-refractivity contribution >= 4 is 17.5 Å². The molecule has 2 aromatic rings. The zero-order chi connectivity index (χ0) is 26.1. The molecular formula is C22H20O13. The van der Waals surface area contributed by atoms with Crippen molar-refractivity contribution in [3.05, 3.63) is 45.0 Å². The monoisotopic (exact) mass is 492 g/mol. The lowest BCUT2D eigenvalue weighted by atomic mass is 9.77. The summed E-state index contributed by atoms with van der Waals surface area (Å²) in [6.07, 6.45) is -8.58. The Labute approximate surface area is 195 Å². The van der Waals surface area contributed by atoms with Gasteiger partial charge in [0, 0.05) is 11.1 Å². The number of ketones is 2. The summed E-state index contributed by atoms with van der Waals surface area (Å²) in [6, 6.07) is 0.756. The number of rotatable bonds is 3. The minimum absolute atomic E-state index is 0.399. The molecule has 1 heterocycles. The molecule has 9 N–H and O–H groups in total. The summed E-state index contributed by atoms with van der Waals surface area (Å²) in [5.41, 5.74) is -4.75. The number of ether oxygens (including phenoxy) is 1. The van der Waals surface area contributed by atoms with E-state index in [2.05, 4.69) is 0 Å². The zero-order valence-electron chi connectivity index (χ0n) is 17.8. The topological polar surface area (TPSA) is 243 Å². The van der Waals surface area contributed by atoms with Gasteiger partial charge in [-0.05, 0) is 18.6 Å². The number of carbonyl (C=O) groups excluding carboxylic acids is 2. The van der Waals surface area contributed by atoms with E-state index in [0.29, 0.717) is 0 Å². The van der Waals surface area contributed by atoms with Gasteiger partial charge in [0.05, 0.1) is 23.3 Å². The molecule has 0 radical (unpaired) electrons. The molecule has 1 aliphatic carbocycles. The van der Waals surface area contributed by atoms with Gasteiger partial charge in [0.2, 0.25) is 5.78 Å². The summed E-state index contributed by atoms with van der Waals surface area (Å²) in [6.45, 7) is 0.291. The highest BCUT2D eigenvalue weighted by atomic mass is 16.5. The minimum atomic E-state index is -1.90. The molecule has 2 aromatic carbocycles. The van der Waals surface area contributed by atoms with Crippen LogP contribution in [0.25, 0.3) is 0 Å². The average Bonchev–Trinajstić information content (AvgIpc) is 2.79. The van der Waals surface area contributed by atoms with Crippen LogP contribution in [0.1, 0.15) is 59.4 Å². The van der Waals surface area contributed by atoms with Gasteiger partial charge in [-0.2, -0.15) is 0 Å². The number of hydrogen-bond acceptors (Lipinski definition) is 12. The quantitative estimate of drug-likeness (QED) is 0.154. The van der Waals surface area contributed by atoms with E-state index in [-0.39, 0.29) is 0 Å². The SMILES string of the molecule is Cc1c(C(=O)O)c(O)c(O)c2c1C(=O)c1c(O)c(C3OC(CO)C(O)C(O)C3O)cc(O)c1C2=O. The lowest BCUT2D eigenvalue weighted by Gasteiger charge is -2.40. The number of carboxylic acid groups (broad SMARTS) is 1. The van der Waals surface area contributed by atoms with E-state index in [1.54, 1.807) is 0 Å². The van der Waals surface area contributed by atoms with Gasteiger partial charge in [-0.1, -0.05) is 0 Å². The van der Waals surface area contributed by atoms with Gasteiger partial charge >= 0.3 is 5.97 Å². The van der Waals surface area contributed by atoms with Crippen LogP contribution in [0.2, 0.25) is 0 Å². The van der Waals surface area contributed by atoms with Gasteiger partial charge in [-0.3, -0.25) is 9.59 Å². The Bertz CT molecular complexity index is 1300. The van der Waals surface area contributed by atoms with E-state index in [4.69, 9.17) is 4.74 Å². The van der Waals surface area contributed by atoms with Crippen molar-refractivity contribution in [2.75, 3.05) is 6.61 Å². The summed E-state index contributed by atoms with van der Waals surface area (Å²) < 4.78 is 5.36. The van der Waals surface area contributed by atoms with Crippen molar-refractivity contribution in [2.24, 2.45) is 0 Å². The average molecular weight is 492 g/mol. The van der Waals surface area contributed by atoms with Crippen LogP contribution in [0.4, 0.5) is 0 Å². The Morgan fingerprint density at radius 2 is 1.43 bits per heavy atom. The van der Waals surface area contributed by atoms with Crippen LogP contribution in [-0.2, 0) is 4.74 Å². The number of benzene rings is 2. The van der Waals surface area contributed by atoms with Crippen LogP contribution in [0.5, 0.6) is 23.0 Å². The fourth-order valence-electron chi connectivity index (χ4n) is 4.57. The lowest BCUT2D eigenvalue weighted by molar-refractivity contribution is -0.232. The van der Waals surface area contributed by atoms with Crippen LogP contribution in [0, 0.1) is 6.92 Å². The number of carboxylic acids is 1. The van der Waals surface area contributed by atoms with Gasteiger partial charge in [0.25, 0.3) is 0 Å². The molecule has 1 saturated heterocycles. The second kappa shape index (κ2) is 8.18. The van der Waals surface area contributed by atoms with E-state index in [9.17, 15) is 60.3 Å². The van der Waals surface area contributed by atoms with Crippen LogP contribution >= 0.6 is 0 Å². The molecule has 13 heteroatoms. The molecule has 0 aromatic heterocycles. The number of phenols is 4. The standard InChI is InChI=1S/C22H20O13/c1-4-8-11(18(30)17(29)9(4)22(33)34)16(28)10-6(24)2-5(13(25)12(10)15(8)27)21-20(32)19(31)14(26)7(3-23)35-21/h2,7,14,19-21,23-26,29-32H,3H2,1H3,(H,33,34). The molecule has 0 spiro atoms. The molecule has 4 rings (SSSR count).